The first kappa shape index (κ1) is 19.4. The van der Waals surface area contributed by atoms with Crippen LogP contribution in [0.25, 0.3) is 5.69 Å². The highest BCUT2D eigenvalue weighted by Crippen LogP contribution is 2.40. The first-order valence-corrected chi connectivity index (χ1v) is 9.76. The Labute approximate surface area is 174 Å². The van der Waals surface area contributed by atoms with E-state index in [9.17, 15) is 0 Å². The van der Waals surface area contributed by atoms with Gasteiger partial charge in [-0.25, -0.2) is 4.42 Å². The van der Waals surface area contributed by atoms with Crippen molar-refractivity contribution in [3.63, 3.8) is 0 Å². The lowest BCUT2D eigenvalue weighted by molar-refractivity contribution is 0.347. The van der Waals surface area contributed by atoms with Gasteiger partial charge in [0.1, 0.15) is 5.82 Å². The number of nitrogens with zero attached hydrogens (tertiary/aromatic N) is 6. The summed E-state index contributed by atoms with van der Waals surface area (Å²) in [5.41, 5.74) is 2.34. The third-order valence-corrected chi connectivity index (χ3v) is 5.88. The van der Waals surface area contributed by atoms with Gasteiger partial charge in [-0.1, -0.05) is 23.4 Å². The van der Waals surface area contributed by atoms with Crippen LogP contribution in [0.5, 0.6) is 0 Å². The fourth-order valence-corrected chi connectivity index (χ4v) is 4.54. The van der Waals surface area contributed by atoms with Crippen LogP contribution < -0.4 is 0 Å². The van der Waals surface area contributed by atoms with Crippen molar-refractivity contribution < 1.29 is 4.52 Å². The van der Waals surface area contributed by atoms with Gasteiger partial charge in [0.05, 0.1) is 12.2 Å². The van der Waals surface area contributed by atoms with Gasteiger partial charge >= 0.3 is 0 Å². The molecule has 0 atom stereocenters. The molecule has 0 saturated heterocycles. The van der Waals surface area contributed by atoms with Gasteiger partial charge in [0.2, 0.25) is 5.89 Å². The summed E-state index contributed by atoms with van der Waals surface area (Å²) in [5.74, 6) is 4.18. The number of halogens is 2. The van der Waals surface area contributed by atoms with E-state index in [0.29, 0.717) is 30.8 Å². The zero-order valence-corrected chi connectivity index (χ0v) is 17.2. The summed E-state index contributed by atoms with van der Waals surface area (Å²) in [5, 5.41) is 13.2. The van der Waals surface area contributed by atoms with Gasteiger partial charge in [-0.3, -0.25) is 4.57 Å². The van der Waals surface area contributed by atoms with Crippen molar-refractivity contribution in [2.75, 3.05) is 0 Å². The third kappa shape index (κ3) is 3.43. The van der Waals surface area contributed by atoms with Gasteiger partial charge in [0.15, 0.2) is 11.6 Å². The molecule has 3 heterocycles. The molecule has 5 rings (SSSR count). The zero-order valence-electron chi connectivity index (χ0n) is 15.6. The normalized spacial score (nSPS) is 22.1. The monoisotopic (exact) mass is 420 g/mol. The van der Waals surface area contributed by atoms with Crippen molar-refractivity contribution in [3.05, 3.63) is 53.2 Å². The van der Waals surface area contributed by atoms with Crippen LogP contribution in [0, 0.1) is 6.92 Å². The summed E-state index contributed by atoms with van der Waals surface area (Å²) in [6, 6.07) is 8.37. The Kier molecular flexibility index (Phi) is 5.40. The SMILES string of the molecule is Cc1nc(C2CCC(c3nnc4n3-c3ccccc3CN(Cl)C4)CC2)no1.Cl. The molecule has 0 amide bonds. The molecular formula is C19H22Cl2N6O. The molecule has 0 radical (unpaired) electrons. The van der Waals surface area contributed by atoms with Crippen molar-refractivity contribution >= 4 is 24.2 Å². The maximum Gasteiger partial charge on any atom is 0.223 e. The highest BCUT2D eigenvalue weighted by atomic mass is 35.5. The van der Waals surface area contributed by atoms with Gasteiger partial charge < -0.3 is 4.52 Å². The van der Waals surface area contributed by atoms with Crippen LogP contribution in [0.4, 0.5) is 0 Å². The van der Waals surface area contributed by atoms with Crippen LogP contribution in [0.3, 0.4) is 0 Å². The Bertz CT molecular complexity index is 963. The number of hydrogen-bond acceptors (Lipinski definition) is 6. The van der Waals surface area contributed by atoms with Crippen LogP contribution in [0.2, 0.25) is 0 Å². The molecule has 9 heteroatoms. The summed E-state index contributed by atoms with van der Waals surface area (Å²) in [6.07, 6.45) is 4.16. The van der Waals surface area contributed by atoms with E-state index in [-0.39, 0.29) is 12.4 Å². The largest absolute Gasteiger partial charge is 0.340 e. The van der Waals surface area contributed by atoms with E-state index in [2.05, 4.69) is 49.2 Å². The molecule has 0 spiro atoms. The van der Waals surface area contributed by atoms with Crippen molar-refractivity contribution in [2.45, 2.75) is 57.5 Å². The second-order valence-electron chi connectivity index (χ2n) is 7.44. The molecule has 1 aromatic carbocycles. The van der Waals surface area contributed by atoms with Crippen LogP contribution in [0.15, 0.2) is 28.8 Å². The van der Waals surface area contributed by atoms with Gasteiger partial charge in [0, 0.05) is 25.3 Å². The number of aromatic nitrogens is 5. The predicted molar refractivity (Wildman–Crippen MR) is 107 cm³/mol. The van der Waals surface area contributed by atoms with Crippen LogP contribution >= 0.6 is 24.2 Å². The molecule has 1 fully saturated rings. The van der Waals surface area contributed by atoms with E-state index in [4.69, 9.17) is 16.3 Å². The summed E-state index contributed by atoms with van der Waals surface area (Å²) in [4.78, 5) is 4.41. The van der Waals surface area contributed by atoms with E-state index in [0.717, 1.165) is 48.8 Å². The number of para-hydroxylation sites is 1. The smallest absolute Gasteiger partial charge is 0.223 e. The Morgan fingerprint density at radius 2 is 1.79 bits per heavy atom. The average Bonchev–Trinajstić information content (AvgIpc) is 3.25. The highest BCUT2D eigenvalue weighted by molar-refractivity contribution is 6.13. The van der Waals surface area contributed by atoms with E-state index in [1.807, 2.05) is 6.92 Å². The van der Waals surface area contributed by atoms with E-state index in [1.54, 1.807) is 4.42 Å². The summed E-state index contributed by atoms with van der Waals surface area (Å²) in [6.45, 7) is 3.12. The Balaban J connectivity index is 0.00000192. The number of benzene rings is 1. The topological polar surface area (TPSA) is 72.9 Å². The third-order valence-electron chi connectivity index (χ3n) is 5.64. The molecule has 1 saturated carbocycles. The molecule has 0 unspecified atom stereocenters. The number of rotatable bonds is 2. The predicted octanol–water partition coefficient (Wildman–Crippen LogP) is 4.29. The van der Waals surface area contributed by atoms with E-state index in [1.165, 1.54) is 5.56 Å². The molecule has 0 bridgehead atoms. The minimum Gasteiger partial charge on any atom is -0.340 e. The minimum absolute atomic E-state index is 0. The quantitative estimate of drug-likeness (QED) is 0.575. The number of aryl methyl sites for hydroxylation is 1. The highest BCUT2D eigenvalue weighted by Gasteiger charge is 2.31. The minimum atomic E-state index is 0. The van der Waals surface area contributed by atoms with Gasteiger partial charge in [-0.05, 0) is 49.1 Å². The van der Waals surface area contributed by atoms with E-state index >= 15 is 0 Å². The zero-order chi connectivity index (χ0) is 18.4. The average molecular weight is 421 g/mol. The molecule has 148 valence electrons. The maximum atomic E-state index is 6.39. The van der Waals surface area contributed by atoms with Crippen LogP contribution in [-0.4, -0.2) is 29.3 Å². The van der Waals surface area contributed by atoms with Crippen LogP contribution in [0.1, 0.15) is 66.4 Å². The lowest BCUT2D eigenvalue weighted by Gasteiger charge is -2.26. The number of fused-ring (bicyclic) bond motifs is 3. The van der Waals surface area contributed by atoms with Crippen LogP contribution in [-0.2, 0) is 13.1 Å². The molecule has 3 aromatic rings. The molecule has 2 aromatic heterocycles. The molecule has 1 aliphatic heterocycles. The van der Waals surface area contributed by atoms with Crippen molar-refractivity contribution in [1.29, 1.82) is 0 Å². The maximum absolute atomic E-state index is 6.39. The first-order valence-electron chi connectivity index (χ1n) is 9.42. The summed E-state index contributed by atoms with van der Waals surface area (Å²) >= 11 is 6.39. The van der Waals surface area contributed by atoms with E-state index < -0.39 is 0 Å². The first-order chi connectivity index (χ1) is 13.2. The van der Waals surface area contributed by atoms with Crippen molar-refractivity contribution in [3.8, 4) is 5.69 Å². The Hall–Kier alpha value is -1.96. The Morgan fingerprint density at radius 1 is 1.04 bits per heavy atom. The molecule has 0 N–H and O–H groups in total. The molecular weight excluding hydrogens is 399 g/mol. The fraction of sp³-hybridized carbons (Fsp3) is 0.474. The van der Waals surface area contributed by atoms with Gasteiger partial charge in [-0.15, -0.1) is 22.6 Å². The molecule has 28 heavy (non-hydrogen) atoms. The lowest BCUT2D eigenvalue weighted by atomic mass is 9.81. The second kappa shape index (κ2) is 7.81. The second-order valence-corrected chi connectivity index (χ2v) is 7.92. The van der Waals surface area contributed by atoms with Crippen molar-refractivity contribution in [1.82, 2.24) is 29.3 Å². The Morgan fingerprint density at radius 3 is 2.54 bits per heavy atom. The molecule has 1 aliphatic carbocycles. The fourth-order valence-electron chi connectivity index (χ4n) is 4.31. The molecule has 2 aliphatic rings. The lowest BCUT2D eigenvalue weighted by Crippen LogP contribution is -2.17. The number of hydrogen-bond donors (Lipinski definition) is 0. The van der Waals surface area contributed by atoms with Gasteiger partial charge in [-0.2, -0.15) is 4.98 Å². The molecule has 7 nitrogen and oxygen atoms in total. The van der Waals surface area contributed by atoms with Gasteiger partial charge in [0.25, 0.3) is 0 Å². The standard InChI is InChI=1S/C19H21ClN6O.ClH/c1-12-21-18(24-27-12)13-6-8-14(9-7-13)19-23-22-17-11-25(20)10-15-4-2-3-5-16(15)26(17)19;/h2-5,13-14H,6-11H2,1H3;1H. The summed E-state index contributed by atoms with van der Waals surface area (Å²) in [7, 11) is 0. The summed E-state index contributed by atoms with van der Waals surface area (Å²) < 4.78 is 9.14. The van der Waals surface area contributed by atoms with Crippen molar-refractivity contribution in [2.24, 2.45) is 0 Å².